The lowest BCUT2D eigenvalue weighted by Crippen LogP contribution is -2.15. The maximum atomic E-state index is 11.9. The van der Waals surface area contributed by atoms with Crippen LogP contribution in [0.25, 0.3) is 11.3 Å². The Labute approximate surface area is 166 Å². The van der Waals surface area contributed by atoms with E-state index in [2.05, 4.69) is 5.16 Å². The fraction of sp³-hybridized carbons (Fsp3) is 0.238. The van der Waals surface area contributed by atoms with Crippen LogP contribution in [0.5, 0.6) is 23.0 Å². The van der Waals surface area contributed by atoms with Gasteiger partial charge in [0.05, 0.1) is 7.11 Å². The molecule has 29 heavy (non-hydrogen) atoms. The molecule has 0 N–H and O–H groups in total. The molecule has 0 bridgehead atoms. The zero-order valence-electron chi connectivity index (χ0n) is 15.8. The number of nitrogens with zero attached hydrogens (tertiary/aromatic N) is 1. The van der Waals surface area contributed by atoms with Crippen molar-refractivity contribution in [3.63, 3.8) is 0 Å². The minimum Gasteiger partial charge on any atom is -0.493 e. The summed E-state index contributed by atoms with van der Waals surface area (Å²) in [5, 5.41) is 3.94. The summed E-state index contributed by atoms with van der Waals surface area (Å²) in [5.74, 6) is 2.38. The number of hydrogen-bond donors (Lipinski definition) is 0. The van der Waals surface area contributed by atoms with Gasteiger partial charge in [-0.15, -0.1) is 0 Å². The molecule has 0 amide bonds. The highest BCUT2D eigenvalue weighted by molar-refractivity contribution is 5.71. The van der Waals surface area contributed by atoms with E-state index in [1.54, 1.807) is 24.3 Å². The van der Waals surface area contributed by atoms with Crippen LogP contribution in [0.3, 0.4) is 0 Å². The molecule has 0 saturated heterocycles. The predicted octanol–water partition coefficient (Wildman–Crippen LogP) is 3.24. The van der Waals surface area contributed by atoms with E-state index in [1.165, 1.54) is 7.11 Å². The van der Waals surface area contributed by atoms with Crippen LogP contribution in [0.1, 0.15) is 5.69 Å². The van der Waals surface area contributed by atoms with Gasteiger partial charge in [-0.25, -0.2) is 4.79 Å². The number of benzene rings is 2. The second kappa shape index (κ2) is 8.55. The molecule has 1 aromatic heterocycles. The van der Waals surface area contributed by atoms with E-state index < -0.39 is 5.97 Å². The van der Waals surface area contributed by atoms with Crippen molar-refractivity contribution < 1.29 is 33.0 Å². The van der Waals surface area contributed by atoms with Crippen LogP contribution in [-0.2, 0) is 16.1 Å². The van der Waals surface area contributed by atoms with Gasteiger partial charge in [-0.2, -0.15) is 0 Å². The number of rotatable bonds is 7. The van der Waals surface area contributed by atoms with E-state index >= 15 is 0 Å². The molecule has 0 fully saturated rings. The van der Waals surface area contributed by atoms with Gasteiger partial charge >= 0.3 is 5.97 Å². The standard InChI is InChI=1S/C21H19NO7/c1-24-16-4-2-3-5-17(16)27-13-21(23)28-12-15-11-19(29-22-15)14-6-7-18-20(10-14)26-9-8-25-18/h2-7,10-11H,8-9,12-13H2,1H3. The molecule has 1 aliphatic heterocycles. The first-order chi connectivity index (χ1) is 14.2. The minimum absolute atomic E-state index is 0.0256. The summed E-state index contributed by atoms with van der Waals surface area (Å²) in [4.78, 5) is 11.9. The number of esters is 1. The Bertz CT molecular complexity index is 998. The van der Waals surface area contributed by atoms with Gasteiger partial charge in [-0.05, 0) is 30.3 Å². The number of aromatic nitrogens is 1. The number of hydrogen-bond acceptors (Lipinski definition) is 8. The summed E-state index contributed by atoms with van der Waals surface area (Å²) in [6, 6.07) is 14.3. The maximum absolute atomic E-state index is 11.9. The SMILES string of the molecule is COc1ccccc1OCC(=O)OCc1cc(-c2ccc3c(c2)OCCO3)on1. The molecule has 2 aromatic carbocycles. The number of para-hydroxylation sites is 2. The second-order valence-corrected chi connectivity index (χ2v) is 6.14. The van der Waals surface area contributed by atoms with Crippen molar-refractivity contribution in [3.8, 4) is 34.3 Å². The zero-order valence-corrected chi connectivity index (χ0v) is 15.8. The highest BCUT2D eigenvalue weighted by atomic mass is 16.6. The average Bonchev–Trinajstić information content (AvgIpc) is 3.25. The Morgan fingerprint density at radius 2 is 1.83 bits per heavy atom. The third kappa shape index (κ3) is 4.43. The summed E-state index contributed by atoms with van der Waals surface area (Å²) < 4.78 is 32.2. The molecule has 3 aromatic rings. The number of carbonyl (C=O) groups is 1. The highest BCUT2D eigenvalue weighted by Crippen LogP contribution is 2.34. The summed E-state index contributed by atoms with van der Waals surface area (Å²) in [6.45, 7) is 0.769. The van der Waals surface area contributed by atoms with Gasteiger partial charge in [0.25, 0.3) is 0 Å². The summed E-state index contributed by atoms with van der Waals surface area (Å²) in [7, 11) is 1.53. The molecule has 4 rings (SSSR count). The molecule has 2 heterocycles. The smallest absolute Gasteiger partial charge is 0.344 e. The minimum atomic E-state index is -0.528. The molecule has 8 nitrogen and oxygen atoms in total. The normalized spacial score (nSPS) is 12.3. The van der Waals surface area contributed by atoms with E-state index in [0.717, 1.165) is 5.56 Å². The third-order valence-corrected chi connectivity index (χ3v) is 4.18. The van der Waals surface area contributed by atoms with Crippen molar-refractivity contribution in [3.05, 3.63) is 54.2 Å². The van der Waals surface area contributed by atoms with Crippen LogP contribution >= 0.6 is 0 Å². The van der Waals surface area contributed by atoms with Gasteiger partial charge in [0.1, 0.15) is 25.5 Å². The second-order valence-electron chi connectivity index (χ2n) is 6.14. The Morgan fingerprint density at radius 3 is 2.66 bits per heavy atom. The molecule has 1 aliphatic rings. The lowest BCUT2D eigenvalue weighted by Gasteiger charge is -2.18. The van der Waals surface area contributed by atoms with Gasteiger partial charge in [-0.3, -0.25) is 0 Å². The van der Waals surface area contributed by atoms with Crippen molar-refractivity contribution in [1.29, 1.82) is 0 Å². The molecule has 0 radical (unpaired) electrons. The molecular formula is C21H19NO7. The molecule has 0 aliphatic carbocycles. The maximum Gasteiger partial charge on any atom is 0.344 e. The van der Waals surface area contributed by atoms with Gasteiger partial charge in [-0.1, -0.05) is 17.3 Å². The van der Waals surface area contributed by atoms with Gasteiger partial charge in [0.15, 0.2) is 35.4 Å². The number of ether oxygens (including phenoxy) is 5. The molecule has 8 heteroatoms. The first-order valence-electron chi connectivity index (χ1n) is 9.00. The summed E-state index contributed by atoms with van der Waals surface area (Å²) in [6.07, 6.45) is 0. The molecule has 0 saturated carbocycles. The Balaban J connectivity index is 1.32. The van der Waals surface area contributed by atoms with Crippen LogP contribution in [0.15, 0.2) is 53.1 Å². The first kappa shape index (κ1) is 18.7. The van der Waals surface area contributed by atoms with Crippen molar-refractivity contribution in [2.24, 2.45) is 0 Å². The zero-order chi connectivity index (χ0) is 20.1. The fourth-order valence-corrected chi connectivity index (χ4v) is 2.78. The van der Waals surface area contributed by atoms with Gasteiger partial charge in [0.2, 0.25) is 0 Å². The van der Waals surface area contributed by atoms with Crippen LogP contribution in [0.2, 0.25) is 0 Å². The quantitative estimate of drug-likeness (QED) is 0.562. The summed E-state index contributed by atoms with van der Waals surface area (Å²) in [5.41, 5.74) is 1.28. The monoisotopic (exact) mass is 397 g/mol. The Hall–Kier alpha value is -3.68. The van der Waals surface area contributed by atoms with Crippen molar-refractivity contribution in [2.45, 2.75) is 6.61 Å². The number of methoxy groups -OCH3 is 1. The van der Waals surface area contributed by atoms with Gasteiger partial charge < -0.3 is 28.2 Å². The number of fused-ring (bicyclic) bond motifs is 1. The average molecular weight is 397 g/mol. The topological polar surface area (TPSA) is 89.3 Å². The lowest BCUT2D eigenvalue weighted by atomic mass is 10.1. The van der Waals surface area contributed by atoms with Crippen LogP contribution in [0, 0.1) is 0 Å². The van der Waals surface area contributed by atoms with Crippen molar-refractivity contribution >= 4 is 5.97 Å². The molecule has 0 unspecified atom stereocenters. The van der Waals surface area contributed by atoms with Gasteiger partial charge in [0, 0.05) is 11.6 Å². The highest BCUT2D eigenvalue weighted by Gasteiger charge is 2.15. The fourth-order valence-electron chi connectivity index (χ4n) is 2.78. The van der Waals surface area contributed by atoms with E-state index in [-0.39, 0.29) is 13.2 Å². The van der Waals surface area contributed by atoms with E-state index in [9.17, 15) is 4.79 Å². The van der Waals surface area contributed by atoms with E-state index in [0.29, 0.717) is 47.7 Å². The predicted molar refractivity (Wildman–Crippen MR) is 101 cm³/mol. The lowest BCUT2D eigenvalue weighted by molar-refractivity contribution is -0.147. The van der Waals surface area contributed by atoms with Crippen LogP contribution in [0.4, 0.5) is 0 Å². The van der Waals surface area contributed by atoms with Crippen LogP contribution in [-0.4, -0.2) is 38.1 Å². The molecule has 0 spiro atoms. The number of carbonyl (C=O) groups excluding carboxylic acids is 1. The molecule has 150 valence electrons. The van der Waals surface area contributed by atoms with Crippen LogP contribution < -0.4 is 18.9 Å². The molecular weight excluding hydrogens is 378 g/mol. The Morgan fingerprint density at radius 1 is 1.03 bits per heavy atom. The summed E-state index contributed by atoms with van der Waals surface area (Å²) >= 11 is 0. The molecule has 0 atom stereocenters. The Kier molecular flexibility index (Phi) is 5.51. The van der Waals surface area contributed by atoms with E-state index in [1.807, 2.05) is 24.3 Å². The largest absolute Gasteiger partial charge is 0.493 e. The van der Waals surface area contributed by atoms with Crippen molar-refractivity contribution in [2.75, 3.05) is 26.9 Å². The first-order valence-corrected chi connectivity index (χ1v) is 9.00. The van der Waals surface area contributed by atoms with E-state index in [4.69, 9.17) is 28.2 Å². The van der Waals surface area contributed by atoms with Crippen molar-refractivity contribution in [1.82, 2.24) is 5.16 Å². The third-order valence-electron chi connectivity index (χ3n) is 4.18.